The van der Waals surface area contributed by atoms with Gasteiger partial charge in [0.25, 0.3) is 0 Å². The number of likely N-dealkylation sites (tertiary alicyclic amines) is 6. The molecule has 6 aliphatic heterocycles. The van der Waals surface area contributed by atoms with Gasteiger partial charge in [0.15, 0.2) is 5.89 Å². The maximum Gasteiger partial charge on any atom is 0.240 e. The Balaban J connectivity index is 0.000000190. The van der Waals surface area contributed by atoms with E-state index in [4.69, 9.17) is 8.83 Å². The molecule has 0 spiro atoms. The number of rotatable bonds is 18. The van der Waals surface area contributed by atoms with E-state index in [9.17, 15) is 28.8 Å². The standard InChI is InChI=1S/2C17H28N2O.C14H23N3O2.C14H23N3OS.C12H20N4O2.C12H20N4OS/c1-16(2)8-6-13(10-16)11-19-12-17(3,4)9-7-14(18-5)15(19)20;1-16(2)10-8-14(18-5)15(20)19(12-16)11-13-7-6-9-17(13,3)4;2*1-10-16-7-11(19-10)8-17-9-14(2,3)6-5-12(15-4)13(17)18;2*1-12(2)5-4-9(13-3)11(17)16(7-12)6-10-15-14-8-18-10/h6,8,10,14,18H,7,9,11-12H2,1-5H3;6-7,9,14,18H,8,10-12H2,1-5H3;2*7,12,15H,5-6,8-9H2,1-4H3;2*8-9,13H,4-7H2,1-3H3. The van der Waals surface area contributed by atoms with Crippen LogP contribution in [0.2, 0.25) is 0 Å². The lowest BCUT2D eigenvalue weighted by molar-refractivity contribution is -0.135. The van der Waals surface area contributed by atoms with E-state index < -0.39 is 0 Å². The van der Waals surface area contributed by atoms with Crippen molar-refractivity contribution in [1.29, 1.82) is 0 Å². The van der Waals surface area contributed by atoms with Crippen LogP contribution in [0.4, 0.5) is 0 Å². The maximum absolute atomic E-state index is 12.7. The third-order valence-electron chi connectivity index (χ3n) is 23.3. The Bertz CT molecular complexity index is 3720. The Kier molecular flexibility index (Phi) is 33.9. The number of oxazole rings is 1. The van der Waals surface area contributed by atoms with Crippen molar-refractivity contribution in [3.63, 3.8) is 0 Å². The molecule has 114 heavy (non-hydrogen) atoms. The zero-order valence-electron chi connectivity index (χ0n) is 73.7. The normalized spacial score (nSPS) is 25.4. The van der Waals surface area contributed by atoms with Crippen molar-refractivity contribution in [1.82, 2.24) is 91.7 Å². The van der Waals surface area contributed by atoms with E-state index in [0.717, 1.165) is 139 Å². The molecular formula is C86H142N18O8S2. The number of aryl methyl sites for hydroxylation is 2. The van der Waals surface area contributed by atoms with Gasteiger partial charge in [-0.15, -0.1) is 43.1 Å². The first kappa shape index (κ1) is 94.2. The average molecular weight is 1620 g/mol. The molecule has 2 aliphatic carbocycles. The van der Waals surface area contributed by atoms with Crippen LogP contribution >= 0.6 is 22.7 Å². The highest BCUT2D eigenvalue weighted by Crippen LogP contribution is 2.39. The Morgan fingerprint density at radius 3 is 1.15 bits per heavy atom. The smallest absolute Gasteiger partial charge is 0.240 e. The van der Waals surface area contributed by atoms with Crippen LogP contribution in [0.5, 0.6) is 0 Å². The van der Waals surface area contributed by atoms with Gasteiger partial charge in [-0.1, -0.05) is 147 Å². The monoisotopic (exact) mass is 1620 g/mol. The summed E-state index contributed by atoms with van der Waals surface area (Å²) in [5, 5.41) is 36.1. The van der Waals surface area contributed by atoms with Gasteiger partial charge < -0.3 is 70.1 Å². The fourth-order valence-electron chi connectivity index (χ4n) is 16.3. The zero-order valence-corrected chi connectivity index (χ0v) is 75.3. The fraction of sp³-hybridized carbons (Fsp3) is 0.721. The summed E-state index contributed by atoms with van der Waals surface area (Å²) in [6, 6.07) is -0.387. The fourth-order valence-corrected chi connectivity index (χ4v) is 17.7. The topological polar surface area (TPSA) is 298 Å². The number of aromatic nitrogens is 6. The van der Waals surface area contributed by atoms with E-state index in [2.05, 4.69) is 214 Å². The number of carbonyl (C=O) groups excluding carboxylic acids is 6. The summed E-state index contributed by atoms with van der Waals surface area (Å²) in [7, 11) is 11.2. The second-order valence-corrected chi connectivity index (χ2v) is 40.7. The van der Waals surface area contributed by atoms with Crippen molar-refractivity contribution < 1.29 is 37.6 Å². The lowest BCUT2D eigenvalue weighted by Gasteiger charge is -2.33. The number of hydrogen-bond donors (Lipinski definition) is 6. The van der Waals surface area contributed by atoms with Crippen molar-refractivity contribution in [2.45, 2.75) is 264 Å². The summed E-state index contributed by atoms with van der Waals surface area (Å²) in [5.74, 6) is 3.04. The molecule has 6 unspecified atom stereocenters. The average Bonchev–Trinajstić information content (AvgIpc) is 1.71. The van der Waals surface area contributed by atoms with Gasteiger partial charge >= 0.3 is 0 Å². The molecule has 12 rings (SSSR count). The zero-order chi connectivity index (χ0) is 84.4. The van der Waals surface area contributed by atoms with Crippen LogP contribution in [0.3, 0.4) is 0 Å². The maximum atomic E-state index is 12.7. The second kappa shape index (κ2) is 41.0. The Labute approximate surface area is 690 Å². The molecule has 28 heteroatoms. The third-order valence-corrected chi connectivity index (χ3v) is 24.9. The van der Waals surface area contributed by atoms with E-state index in [-0.39, 0.29) is 115 Å². The van der Waals surface area contributed by atoms with E-state index in [0.29, 0.717) is 44.5 Å². The second-order valence-electron chi connectivity index (χ2n) is 38.4. The summed E-state index contributed by atoms with van der Waals surface area (Å²) < 4.78 is 10.6. The largest absolute Gasteiger partial charge is 0.444 e. The molecule has 0 bridgehead atoms. The number of thiazole rings is 1. The van der Waals surface area contributed by atoms with Gasteiger partial charge in [-0.3, -0.25) is 28.8 Å². The predicted molar refractivity (Wildman–Crippen MR) is 454 cm³/mol. The van der Waals surface area contributed by atoms with Crippen LogP contribution in [0.25, 0.3) is 0 Å². The Morgan fingerprint density at radius 2 is 0.833 bits per heavy atom. The molecule has 6 amide bonds. The van der Waals surface area contributed by atoms with Crippen LogP contribution in [-0.4, -0.2) is 226 Å². The van der Waals surface area contributed by atoms with Crippen LogP contribution in [0, 0.1) is 57.2 Å². The number of carbonyl (C=O) groups is 6. The van der Waals surface area contributed by atoms with Crippen LogP contribution in [0.15, 0.2) is 80.7 Å². The first-order valence-electron chi connectivity index (χ1n) is 41.2. The van der Waals surface area contributed by atoms with Crippen molar-refractivity contribution >= 4 is 58.1 Å². The minimum Gasteiger partial charge on any atom is -0.444 e. The number of likely N-dealkylation sites (N-methyl/N-ethyl adjacent to an activating group) is 6. The molecule has 4 aromatic rings. The molecule has 8 aliphatic rings. The molecule has 636 valence electrons. The molecule has 0 saturated carbocycles. The van der Waals surface area contributed by atoms with Crippen LogP contribution in [-0.2, 0) is 54.9 Å². The number of amides is 6. The molecule has 0 aromatic carbocycles. The summed E-state index contributed by atoms with van der Waals surface area (Å²) in [5.41, 5.74) is 5.48. The first-order valence-corrected chi connectivity index (χ1v) is 42.9. The van der Waals surface area contributed by atoms with E-state index >= 15 is 0 Å². The van der Waals surface area contributed by atoms with Gasteiger partial charge in [-0.2, -0.15) is 0 Å². The van der Waals surface area contributed by atoms with Crippen molar-refractivity contribution in [3.8, 4) is 0 Å². The van der Waals surface area contributed by atoms with E-state index in [1.807, 2.05) is 86.8 Å². The first-order chi connectivity index (χ1) is 53.3. The highest BCUT2D eigenvalue weighted by atomic mass is 32.1. The van der Waals surface area contributed by atoms with E-state index in [1.54, 1.807) is 23.0 Å². The number of nitrogens with zero attached hydrogens (tertiary/aromatic N) is 12. The highest BCUT2D eigenvalue weighted by Gasteiger charge is 2.41. The SMILES string of the molecule is CNC1CCC(C)(C)CN(CC2=CC(C)(C)C=C2)C1=O.CNC1CCC(C)(C)CN(CC2=CC=CC2(C)C)C1=O.CNC1CCC(C)(C)CN(Cc2cnc(C)o2)C1=O.CNC1CCC(C)(C)CN(Cc2cnc(C)s2)C1=O.CNC1CCC(C)(C)CN(Cc2nnco2)C1=O.CNC1CCC(C)(C)CN(Cc2nncs2)C1=O. The minimum absolute atomic E-state index is 0.0317. The quantitative estimate of drug-likeness (QED) is 0.0539. The summed E-state index contributed by atoms with van der Waals surface area (Å²) in [6.07, 6.45) is 29.8. The number of allylic oxidation sites excluding steroid dienone is 5. The summed E-state index contributed by atoms with van der Waals surface area (Å²) >= 11 is 3.17. The lowest BCUT2D eigenvalue weighted by Crippen LogP contribution is -2.46. The van der Waals surface area contributed by atoms with Crippen molar-refractivity contribution in [3.05, 3.63) is 104 Å². The lowest BCUT2D eigenvalue weighted by atomic mass is 9.85. The van der Waals surface area contributed by atoms with Crippen molar-refractivity contribution in [2.24, 2.45) is 43.3 Å². The summed E-state index contributed by atoms with van der Waals surface area (Å²) in [4.78, 5) is 96.3. The molecule has 10 heterocycles. The molecule has 6 N–H and O–H groups in total. The molecule has 0 radical (unpaired) electrons. The van der Waals surface area contributed by atoms with Crippen LogP contribution < -0.4 is 31.9 Å². The molecule has 6 saturated heterocycles. The molecule has 6 atom stereocenters. The highest BCUT2D eigenvalue weighted by molar-refractivity contribution is 7.11. The Morgan fingerprint density at radius 1 is 0.447 bits per heavy atom. The van der Waals surface area contributed by atoms with Crippen LogP contribution in [0.1, 0.15) is 220 Å². The van der Waals surface area contributed by atoms with Gasteiger partial charge in [-0.25, -0.2) is 9.97 Å². The van der Waals surface area contributed by atoms with Crippen molar-refractivity contribution in [2.75, 3.05) is 94.6 Å². The van der Waals surface area contributed by atoms with Gasteiger partial charge in [0, 0.05) is 81.2 Å². The molecule has 6 fully saturated rings. The number of hydrogen-bond acceptors (Lipinski definition) is 22. The predicted octanol–water partition coefficient (Wildman–Crippen LogP) is 11.5. The van der Waals surface area contributed by atoms with E-state index in [1.165, 1.54) is 33.8 Å². The number of nitrogens with one attached hydrogen (secondary N) is 6. The van der Waals surface area contributed by atoms with Gasteiger partial charge in [0.1, 0.15) is 16.3 Å². The molecule has 26 nitrogen and oxygen atoms in total. The Hall–Kier alpha value is -6.92. The van der Waals surface area contributed by atoms with Gasteiger partial charge in [0.2, 0.25) is 47.7 Å². The van der Waals surface area contributed by atoms with Gasteiger partial charge in [0.05, 0.1) is 73.6 Å². The molecular weight excluding hydrogens is 1480 g/mol. The summed E-state index contributed by atoms with van der Waals surface area (Å²) in [6.45, 7) is 47.7. The molecule has 4 aromatic heterocycles. The third kappa shape index (κ3) is 28.7. The minimum atomic E-state index is -0.116. The van der Waals surface area contributed by atoms with Gasteiger partial charge in [-0.05, 0) is 170 Å².